The molecule has 0 saturated heterocycles. The monoisotopic (exact) mass is 321 g/mol. The van der Waals surface area contributed by atoms with Crippen LogP contribution in [0.5, 0.6) is 5.75 Å². The minimum absolute atomic E-state index is 0.267. The van der Waals surface area contributed by atoms with Crippen LogP contribution in [-0.4, -0.2) is 35.8 Å². The summed E-state index contributed by atoms with van der Waals surface area (Å²) in [5, 5.41) is 0. The average Bonchev–Trinajstić information content (AvgIpc) is 2.94. The average molecular weight is 321 g/mol. The van der Waals surface area contributed by atoms with Crippen molar-refractivity contribution in [3.8, 4) is 5.75 Å². The Kier molecular flexibility index (Phi) is 2.80. The Morgan fingerprint density at radius 2 is 2.17 bits per heavy atom. The Bertz CT molecular complexity index is 792. The minimum atomic E-state index is 0.267. The van der Waals surface area contributed by atoms with Crippen molar-refractivity contribution in [2.75, 3.05) is 6.61 Å². The van der Waals surface area contributed by atoms with Gasteiger partial charge in [0, 0.05) is 24.4 Å². The highest BCUT2D eigenvalue weighted by Crippen LogP contribution is 2.68. The Morgan fingerprint density at radius 3 is 3.00 bits per heavy atom. The van der Waals surface area contributed by atoms with E-state index in [1.54, 1.807) is 0 Å². The number of benzene rings is 1. The molecule has 0 bridgehead atoms. The number of hydrogen-bond acceptors (Lipinski definition) is 4. The molecule has 4 nitrogen and oxygen atoms in total. The fraction of sp³-hybridized carbons (Fsp3) is 0.500. The van der Waals surface area contributed by atoms with Crippen LogP contribution in [0.3, 0.4) is 0 Å². The molecule has 5 rings (SSSR count). The molecule has 4 atom stereocenters. The van der Waals surface area contributed by atoms with Gasteiger partial charge >= 0.3 is 0 Å². The van der Waals surface area contributed by atoms with Gasteiger partial charge in [-0.15, -0.1) is 0 Å². The zero-order valence-electron chi connectivity index (χ0n) is 14.4. The van der Waals surface area contributed by atoms with Gasteiger partial charge < -0.3 is 9.64 Å². The quantitative estimate of drug-likeness (QED) is 0.837. The van der Waals surface area contributed by atoms with Gasteiger partial charge in [-0.2, -0.15) is 0 Å². The van der Waals surface area contributed by atoms with E-state index in [9.17, 15) is 0 Å². The molecular formula is C20H23N3O. The number of hydrogen-bond donors (Lipinski definition) is 0. The second-order valence-corrected chi connectivity index (χ2v) is 7.93. The van der Waals surface area contributed by atoms with Crippen LogP contribution in [0, 0.1) is 11.3 Å². The second-order valence-electron chi connectivity index (χ2n) is 7.93. The van der Waals surface area contributed by atoms with Crippen LogP contribution in [0.15, 0.2) is 40.5 Å². The van der Waals surface area contributed by atoms with Crippen LogP contribution in [-0.2, 0) is 6.42 Å². The first-order valence-corrected chi connectivity index (χ1v) is 8.90. The van der Waals surface area contributed by atoms with E-state index in [2.05, 4.69) is 55.1 Å². The van der Waals surface area contributed by atoms with Crippen molar-refractivity contribution < 1.29 is 4.74 Å². The molecule has 1 fully saturated rings. The molecular weight excluding hydrogens is 298 g/mol. The van der Waals surface area contributed by atoms with Crippen LogP contribution < -0.4 is 4.74 Å². The highest BCUT2D eigenvalue weighted by molar-refractivity contribution is 5.95. The molecule has 124 valence electrons. The number of allylic oxidation sites excluding steroid dienone is 1. The summed E-state index contributed by atoms with van der Waals surface area (Å²) in [6, 6.07) is 7.23. The third kappa shape index (κ3) is 1.80. The van der Waals surface area contributed by atoms with Crippen molar-refractivity contribution in [3.05, 3.63) is 41.6 Å². The summed E-state index contributed by atoms with van der Waals surface area (Å²) in [5.74, 6) is 3.07. The Labute approximate surface area is 142 Å². The molecule has 3 heterocycles. The van der Waals surface area contributed by atoms with Crippen LogP contribution in [0.2, 0.25) is 0 Å². The van der Waals surface area contributed by atoms with Crippen molar-refractivity contribution >= 4 is 12.2 Å². The van der Waals surface area contributed by atoms with Crippen LogP contribution in [0.1, 0.15) is 37.8 Å². The molecule has 0 N–H and O–H groups in total. The van der Waals surface area contributed by atoms with E-state index in [0.717, 1.165) is 24.7 Å². The van der Waals surface area contributed by atoms with Crippen molar-refractivity contribution in [1.82, 2.24) is 4.90 Å². The lowest BCUT2D eigenvalue weighted by atomic mass is 9.96. The van der Waals surface area contributed by atoms with E-state index in [4.69, 9.17) is 9.73 Å². The van der Waals surface area contributed by atoms with E-state index in [1.165, 1.54) is 11.1 Å². The van der Waals surface area contributed by atoms with E-state index in [-0.39, 0.29) is 5.41 Å². The predicted molar refractivity (Wildman–Crippen MR) is 95.8 cm³/mol. The van der Waals surface area contributed by atoms with E-state index in [1.807, 2.05) is 12.3 Å². The SMILES string of the molecule is CC1C([C@@H]2[C@@H](c3cccc4c3CCO4)C2(C)C)N=C2N=CC=CN21. The second kappa shape index (κ2) is 4.71. The van der Waals surface area contributed by atoms with Gasteiger partial charge in [-0.25, -0.2) is 9.98 Å². The number of fused-ring (bicyclic) bond motifs is 2. The van der Waals surface area contributed by atoms with Gasteiger partial charge in [-0.1, -0.05) is 26.0 Å². The fourth-order valence-electron chi connectivity index (χ4n) is 5.03. The Balaban J connectivity index is 1.50. The molecule has 0 amide bonds. The summed E-state index contributed by atoms with van der Waals surface area (Å²) in [7, 11) is 0. The standard InChI is InChI=1S/C20H23N3O/c1-12-18(22-19-21-9-5-10-23(12)19)17-16(20(17,2)3)14-6-4-7-15-13(14)8-11-24-15/h4-7,9-10,12,16-18H,8,11H2,1-3H3/t12?,16-,17+,18?/m1/s1. The van der Waals surface area contributed by atoms with Crippen molar-refractivity contribution in [2.24, 2.45) is 21.3 Å². The third-order valence-corrected chi connectivity index (χ3v) is 6.34. The first-order valence-electron chi connectivity index (χ1n) is 8.90. The molecule has 1 aromatic carbocycles. The summed E-state index contributed by atoms with van der Waals surface area (Å²) in [5.41, 5.74) is 3.17. The molecule has 0 spiro atoms. The van der Waals surface area contributed by atoms with Crippen molar-refractivity contribution in [2.45, 2.75) is 45.2 Å². The summed E-state index contributed by atoms with van der Waals surface area (Å²) < 4.78 is 5.78. The lowest BCUT2D eigenvalue weighted by molar-refractivity contribution is 0.353. The van der Waals surface area contributed by atoms with E-state index in [0.29, 0.717) is 23.9 Å². The lowest BCUT2D eigenvalue weighted by Gasteiger charge is -2.24. The van der Waals surface area contributed by atoms with Crippen molar-refractivity contribution in [1.29, 1.82) is 0 Å². The maximum absolute atomic E-state index is 5.78. The summed E-state index contributed by atoms with van der Waals surface area (Å²) in [6.45, 7) is 7.87. The molecule has 3 aliphatic heterocycles. The number of aliphatic imine (C=N–C) groups is 2. The predicted octanol–water partition coefficient (Wildman–Crippen LogP) is 3.39. The summed E-state index contributed by atoms with van der Waals surface area (Å²) in [4.78, 5) is 11.6. The summed E-state index contributed by atoms with van der Waals surface area (Å²) >= 11 is 0. The first-order chi connectivity index (χ1) is 11.6. The highest BCUT2D eigenvalue weighted by Gasteiger charge is 2.64. The van der Waals surface area contributed by atoms with Gasteiger partial charge in [0.15, 0.2) is 0 Å². The zero-order valence-corrected chi connectivity index (χ0v) is 14.4. The molecule has 0 aromatic heterocycles. The molecule has 1 aromatic rings. The number of ether oxygens (including phenoxy) is 1. The van der Waals surface area contributed by atoms with Crippen LogP contribution in [0.25, 0.3) is 0 Å². The lowest BCUT2D eigenvalue weighted by Crippen LogP contribution is -2.35. The maximum atomic E-state index is 5.78. The van der Waals surface area contributed by atoms with Gasteiger partial charge in [-0.3, -0.25) is 0 Å². The smallest absolute Gasteiger partial charge is 0.225 e. The normalized spacial score (nSPS) is 34.6. The van der Waals surface area contributed by atoms with E-state index >= 15 is 0 Å². The molecule has 2 unspecified atom stereocenters. The van der Waals surface area contributed by atoms with Gasteiger partial charge in [0.1, 0.15) is 5.75 Å². The molecule has 1 saturated carbocycles. The molecule has 4 heteroatoms. The topological polar surface area (TPSA) is 37.2 Å². The first kappa shape index (κ1) is 14.3. The minimum Gasteiger partial charge on any atom is -0.493 e. The van der Waals surface area contributed by atoms with Crippen molar-refractivity contribution in [3.63, 3.8) is 0 Å². The van der Waals surface area contributed by atoms with Crippen LogP contribution >= 0.6 is 0 Å². The maximum Gasteiger partial charge on any atom is 0.225 e. The summed E-state index contributed by atoms with van der Waals surface area (Å²) in [6.07, 6.45) is 6.98. The number of nitrogens with zero attached hydrogens (tertiary/aromatic N) is 3. The van der Waals surface area contributed by atoms with Crippen LogP contribution in [0.4, 0.5) is 0 Å². The molecule has 1 aliphatic carbocycles. The molecule has 0 radical (unpaired) electrons. The Hall–Kier alpha value is -2.10. The zero-order chi connectivity index (χ0) is 16.5. The number of guanidine groups is 1. The number of rotatable bonds is 2. The largest absolute Gasteiger partial charge is 0.493 e. The molecule has 4 aliphatic rings. The molecule has 24 heavy (non-hydrogen) atoms. The van der Waals surface area contributed by atoms with E-state index < -0.39 is 0 Å². The Morgan fingerprint density at radius 1 is 1.29 bits per heavy atom. The fourth-order valence-corrected chi connectivity index (χ4v) is 5.03. The van der Waals surface area contributed by atoms with Gasteiger partial charge in [0.25, 0.3) is 0 Å². The van der Waals surface area contributed by atoms with Gasteiger partial charge in [-0.05, 0) is 41.9 Å². The highest BCUT2D eigenvalue weighted by atomic mass is 16.5. The van der Waals surface area contributed by atoms with Gasteiger partial charge in [0.05, 0.1) is 18.7 Å². The van der Waals surface area contributed by atoms with Gasteiger partial charge in [0.2, 0.25) is 5.96 Å². The third-order valence-electron chi connectivity index (χ3n) is 6.34.